The highest BCUT2D eigenvalue weighted by atomic mass is 127. The van der Waals surface area contributed by atoms with Crippen molar-refractivity contribution in [2.45, 2.75) is 31.6 Å². The molecule has 27 heavy (non-hydrogen) atoms. The number of hydrogen-bond acceptors (Lipinski definition) is 4. The average molecular weight is 513 g/mol. The number of nitrogens with zero attached hydrogens (tertiary/aromatic N) is 2. The zero-order valence-electron chi connectivity index (χ0n) is 16.2. The molecule has 0 aliphatic carbocycles. The van der Waals surface area contributed by atoms with E-state index >= 15 is 0 Å². The highest BCUT2D eigenvalue weighted by Crippen LogP contribution is 2.24. The summed E-state index contributed by atoms with van der Waals surface area (Å²) in [5, 5.41) is 3.22. The Hall–Kier alpha value is -0.940. The Morgan fingerprint density at radius 1 is 1.37 bits per heavy atom. The third-order valence-corrected chi connectivity index (χ3v) is 7.14. The van der Waals surface area contributed by atoms with Gasteiger partial charge in [-0.05, 0) is 38.5 Å². The molecule has 0 amide bonds. The van der Waals surface area contributed by atoms with Crippen molar-refractivity contribution in [3.05, 3.63) is 35.6 Å². The summed E-state index contributed by atoms with van der Waals surface area (Å²) in [5.41, 5.74) is 0.843. The van der Waals surface area contributed by atoms with Gasteiger partial charge in [-0.1, -0.05) is 12.1 Å². The Morgan fingerprint density at radius 3 is 2.52 bits per heavy atom. The maximum absolute atomic E-state index is 13.1. The van der Waals surface area contributed by atoms with Gasteiger partial charge in [-0.25, -0.2) is 12.8 Å². The summed E-state index contributed by atoms with van der Waals surface area (Å²) in [6.07, 6.45) is -0.300. The molecule has 0 bridgehead atoms. The SMILES string of the molecule is CCNC(=NCC(OC)c1ccc(F)cc1)N1CCS(=O)(=O)C(C)(C)C1.I. The number of methoxy groups -OCH3 is 1. The van der Waals surface area contributed by atoms with E-state index in [-0.39, 0.29) is 41.7 Å². The fourth-order valence-electron chi connectivity index (χ4n) is 2.91. The summed E-state index contributed by atoms with van der Waals surface area (Å²) in [5.74, 6) is 0.479. The minimum atomic E-state index is -3.11. The second kappa shape index (κ2) is 10.0. The van der Waals surface area contributed by atoms with Crippen molar-refractivity contribution in [2.24, 2.45) is 4.99 Å². The molecule has 1 fully saturated rings. The normalized spacial score (nSPS) is 19.9. The van der Waals surface area contributed by atoms with Crippen LogP contribution in [0.1, 0.15) is 32.4 Å². The van der Waals surface area contributed by atoms with Crippen LogP contribution in [-0.2, 0) is 14.6 Å². The summed E-state index contributed by atoms with van der Waals surface area (Å²) >= 11 is 0. The largest absolute Gasteiger partial charge is 0.375 e. The number of guanidine groups is 1. The second-order valence-corrected chi connectivity index (χ2v) is 9.71. The van der Waals surface area contributed by atoms with Crippen LogP contribution in [-0.4, -0.2) is 63.1 Å². The van der Waals surface area contributed by atoms with Crippen molar-refractivity contribution in [2.75, 3.05) is 39.0 Å². The summed E-state index contributed by atoms with van der Waals surface area (Å²) in [7, 11) is -1.52. The maximum atomic E-state index is 13.1. The number of ether oxygens (including phenoxy) is 1. The van der Waals surface area contributed by atoms with Crippen molar-refractivity contribution in [3.63, 3.8) is 0 Å². The van der Waals surface area contributed by atoms with Gasteiger partial charge in [0, 0.05) is 26.7 Å². The number of nitrogens with one attached hydrogen (secondary N) is 1. The molecule has 1 aromatic carbocycles. The molecule has 1 atom stereocenters. The monoisotopic (exact) mass is 513 g/mol. The van der Waals surface area contributed by atoms with Crippen LogP contribution in [0.5, 0.6) is 0 Å². The van der Waals surface area contributed by atoms with Crippen molar-refractivity contribution in [1.29, 1.82) is 0 Å². The predicted octanol–water partition coefficient (Wildman–Crippen LogP) is 2.61. The third kappa shape index (κ3) is 6.02. The summed E-state index contributed by atoms with van der Waals surface area (Å²) in [6, 6.07) is 6.16. The van der Waals surface area contributed by atoms with Crippen molar-refractivity contribution in [3.8, 4) is 0 Å². The molecule has 1 heterocycles. The first kappa shape index (κ1) is 24.1. The van der Waals surface area contributed by atoms with E-state index in [9.17, 15) is 12.8 Å². The molecule has 9 heteroatoms. The molecule has 1 unspecified atom stereocenters. The van der Waals surface area contributed by atoms with Crippen LogP contribution in [0.3, 0.4) is 0 Å². The van der Waals surface area contributed by atoms with E-state index < -0.39 is 14.6 Å². The van der Waals surface area contributed by atoms with E-state index in [0.717, 1.165) is 5.56 Å². The van der Waals surface area contributed by atoms with Crippen LogP contribution in [0.4, 0.5) is 4.39 Å². The Labute approximate surface area is 178 Å². The molecule has 1 saturated heterocycles. The molecule has 0 radical (unpaired) electrons. The molecular formula is C18H29FIN3O3S. The van der Waals surface area contributed by atoms with E-state index in [1.807, 2.05) is 11.8 Å². The Balaban J connectivity index is 0.00000364. The van der Waals surface area contributed by atoms with Crippen LogP contribution < -0.4 is 5.32 Å². The number of aliphatic imine (C=N–C) groups is 1. The highest BCUT2D eigenvalue weighted by Gasteiger charge is 2.41. The molecule has 6 nitrogen and oxygen atoms in total. The fraction of sp³-hybridized carbons (Fsp3) is 0.611. The molecule has 154 valence electrons. The highest BCUT2D eigenvalue weighted by molar-refractivity contribution is 14.0. The average Bonchev–Trinajstić information content (AvgIpc) is 2.58. The van der Waals surface area contributed by atoms with Crippen LogP contribution in [0.15, 0.2) is 29.3 Å². The van der Waals surface area contributed by atoms with Gasteiger partial charge in [0.05, 0.1) is 17.0 Å². The number of hydrogen-bond donors (Lipinski definition) is 1. The van der Waals surface area contributed by atoms with Gasteiger partial charge in [0.1, 0.15) is 11.9 Å². The van der Waals surface area contributed by atoms with Crippen LogP contribution in [0, 0.1) is 5.82 Å². The van der Waals surface area contributed by atoms with E-state index in [1.165, 1.54) is 12.1 Å². The predicted molar refractivity (Wildman–Crippen MR) is 117 cm³/mol. The second-order valence-electron chi connectivity index (χ2n) is 6.97. The van der Waals surface area contributed by atoms with Crippen molar-refractivity contribution in [1.82, 2.24) is 10.2 Å². The first-order chi connectivity index (χ1) is 12.2. The Kier molecular flexibility index (Phi) is 8.94. The zero-order valence-corrected chi connectivity index (χ0v) is 19.4. The lowest BCUT2D eigenvalue weighted by atomic mass is 10.1. The molecule has 1 N–H and O–H groups in total. The Morgan fingerprint density at radius 2 is 2.00 bits per heavy atom. The number of sulfone groups is 1. The lowest BCUT2D eigenvalue weighted by Crippen LogP contribution is -2.57. The van der Waals surface area contributed by atoms with Gasteiger partial charge in [0.15, 0.2) is 15.8 Å². The van der Waals surface area contributed by atoms with Crippen LogP contribution >= 0.6 is 24.0 Å². The van der Waals surface area contributed by atoms with E-state index in [2.05, 4.69) is 10.3 Å². The van der Waals surface area contributed by atoms with Gasteiger partial charge in [-0.15, -0.1) is 24.0 Å². The third-order valence-electron chi connectivity index (χ3n) is 4.61. The van der Waals surface area contributed by atoms with Crippen molar-refractivity contribution >= 4 is 39.8 Å². The molecule has 2 rings (SSSR count). The quantitative estimate of drug-likeness (QED) is 0.373. The molecule has 0 saturated carbocycles. The van der Waals surface area contributed by atoms with Crippen LogP contribution in [0.25, 0.3) is 0 Å². The maximum Gasteiger partial charge on any atom is 0.194 e. The molecule has 0 spiro atoms. The van der Waals surface area contributed by atoms with Gasteiger partial charge in [-0.3, -0.25) is 4.99 Å². The first-order valence-corrected chi connectivity index (χ1v) is 10.4. The first-order valence-electron chi connectivity index (χ1n) is 8.74. The number of halogens is 2. The minimum Gasteiger partial charge on any atom is -0.375 e. The van der Waals surface area contributed by atoms with E-state index in [4.69, 9.17) is 4.74 Å². The lowest BCUT2D eigenvalue weighted by Gasteiger charge is -2.39. The minimum absolute atomic E-state index is 0. The Bertz CT molecular complexity index is 739. The molecule has 1 aliphatic heterocycles. The zero-order chi connectivity index (χ0) is 19.4. The van der Waals surface area contributed by atoms with Gasteiger partial charge in [0.2, 0.25) is 0 Å². The van der Waals surface area contributed by atoms with E-state index in [0.29, 0.717) is 32.1 Å². The van der Waals surface area contributed by atoms with Crippen molar-refractivity contribution < 1.29 is 17.5 Å². The summed E-state index contributed by atoms with van der Waals surface area (Å²) in [4.78, 5) is 6.61. The number of rotatable bonds is 5. The van der Waals surface area contributed by atoms with Crippen LogP contribution in [0.2, 0.25) is 0 Å². The van der Waals surface area contributed by atoms with Gasteiger partial charge < -0.3 is 15.0 Å². The van der Waals surface area contributed by atoms with Gasteiger partial charge in [0.25, 0.3) is 0 Å². The molecule has 1 aromatic rings. The number of benzene rings is 1. The standard InChI is InChI=1S/C18H28FN3O3S.HI/c1-5-20-17(22-10-11-26(23,24)18(2,3)13-22)21-12-16(25-4)14-6-8-15(19)9-7-14;/h6-9,16H,5,10-13H2,1-4H3,(H,20,21);1H. The summed E-state index contributed by atoms with van der Waals surface area (Å²) < 4.78 is 42.2. The lowest BCUT2D eigenvalue weighted by molar-refractivity contribution is 0.110. The van der Waals surface area contributed by atoms with Gasteiger partial charge in [-0.2, -0.15) is 0 Å². The topological polar surface area (TPSA) is 71.0 Å². The summed E-state index contributed by atoms with van der Waals surface area (Å²) in [6.45, 7) is 7.28. The molecular weight excluding hydrogens is 484 g/mol. The van der Waals surface area contributed by atoms with E-state index in [1.54, 1.807) is 33.1 Å². The smallest absolute Gasteiger partial charge is 0.194 e. The fourth-order valence-corrected chi connectivity index (χ4v) is 4.28. The van der Waals surface area contributed by atoms with Gasteiger partial charge >= 0.3 is 0 Å². The molecule has 1 aliphatic rings. The molecule has 0 aromatic heterocycles.